The number of nitrogens with one attached hydrogen (secondary N) is 1. The van der Waals surface area contributed by atoms with Crippen LogP contribution < -0.4 is 14.8 Å². The van der Waals surface area contributed by atoms with E-state index >= 15 is 0 Å². The predicted molar refractivity (Wildman–Crippen MR) is 141 cm³/mol. The van der Waals surface area contributed by atoms with Crippen LogP contribution in [0.1, 0.15) is 36.5 Å². The van der Waals surface area contributed by atoms with Gasteiger partial charge in [0.1, 0.15) is 18.0 Å². The summed E-state index contributed by atoms with van der Waals surface area (Å²) in [6.45, 7) is 6.05. The monoisotopic (exact) mass is 577 g/mol. The number of rotatable bonds is 10. The summed E-state index contributed by atoms with van der Waals surface area (Å²) in [5, 5.41) is 2.96. The van der Waals surface area contributed by atoms with Gasteiger partial charge in [0.2, 0.25) is 5.91 Å². The first-order valence-electron chi connectivity index (χ1n) is 13.1. The molecule has 1 saturated heterocycles. The summed E-state index contributed by atoms with van der Waals surface area (Å²) in [6.07, 6.45) is -2.82. The average Bonchev–Trinajstić information content (AvgIpc) is 3.54. The molecule has 218 valence electrons. The van der Waals surface area contributed by atoms with E-state index in [2.05, 4.69) is 16.6 Å². The third-order valence-corrected chi connectivity index (χ3v) is 7.17. The highest BCUT2D eigenvalue weighted by Crippen LogP contribution is 2.34. The molecular weight excluding hydrogens is 549 g/mol. The van der Waals surface area contributed by atoms with Crippen LogP contribution in [0.25, 0.3) is 10.9 Å². The van der Waals surface area contributed by atoms with E-state index < -0.39 is 41.7 Å². The molecule has 0 bridgehead atoms. The molecule has 1 N–H and O–H groups in total. The third kappa shape index (κ3) is 6.47. The van der Waals surface area contributed by atoms with E-state index in [4.69, 9.17) is 4.74 Å². The summed E-state index contributed by atoms with van der Waals surface area (Å²) >= 11 is 0. The van der Waals surface area contributed by atoms with Gasteiger partial charge in [-0.2, -0.15) is 0 Å². The summed E-state index contributed by atoms with van der Waals surface area (Å²) in [4.78, 5) is 26.9. The Morgan fingerprint density at radius 3 is 2.61 bits per heavy atom. The number of halogens is 5. The molecule has 1 amide bonds. The molecule has 2 aliphatic rings. The van der Waals surface area contributed by atoms with Gasteiger partial charge in [-0.05, 0) is 49.9 Å². The van der Waals surface area contributed by atoms with Crippen LogP contribution in [0.15, 0.2) is 54.9 Å². The molecule has 2 atom stereocenters. The number of Topliss-reactive ketones (excluding diaryl/α,β-unsaturated/α-hetero) is 1. The molecule has 1 unspecified atom stereocenters. The van der Waals surface area contributed by atoms with Crippen molar-refractivity contribution in [2.45, 2.75) is 51.3 Å². The van der Waals surface area contributed by atoms with Crippen LogP contribution in [-0.2, 0) is 11.3 Å². The summed E-state index contributed by atoms with van der Waals surface area (Å²) in [5.41, 5.74) is 1.00. The van der Waals surface area contributed by atoms with Crippen molar-refractivity contribution in [1.29, 1.82) is 0 Å². The van der Waals surface area contributed by atoms with Crippen LogP contribution in [-0.4, -0.2) is 52.9 Å². The van der Waals surface area contributed by atoms with Gasteiger partial charge in [-0.25, -0.2) is 8.78 Å². The van der Waals surface area contributed by atoms with Crippen molar-refractivity contribution < 1.29 is 41.0 Å². The van der Waals surface area contributed by atoms with Crippen LogP contribution in [0.4, 0.5) is 27.6 Å². The molecule has 41 heavy (non-hydrogen) atoms. The van der Waals surface area contributed by atoms with E-state index in [1.54, 1.807) is 16.8 Å². The van der Waals surface area contributed by atoms with E-state index in [9.17, 15) is 31.5 Å². The summed E-state index contributed by atoms with van der Waals surface area (Å²) in [6, 6.07) is 7.28. The van der Waals surface area contributed by atoms with E-state index in [0.717, 1.165) is 31.0 Å². The smallest absolute Gasteiger partial charge is 0.493 e. The Bertz CT molecular complexity index is 1500. The molecule has 2 fully saturated rings. The molecule has 12 heteroatoms. The number of aromatic nitrogens is 1. The summed E-state index contributed by atoms with van der Waals surface area (Å²) in [5.74, 6) is -2.28. The Balaban J connectivity index is 1.35. The van der Waals surface area contributed by atoms with Crippen LogP contribution >= 0.6 is 0 Å². The fourth-order valence-corrected chi connectivity index (χ4v) is 4.97. The topological polar surface area (TPSA) is 72.8 Å². The highest BCUT2D eigenvalue weighted by Gasteiger charge is 2.38. The fourth-order valence-electron chi connectivity index (χ4n) is 4.97. The molecule has 3 aromatic rings. The second kappa shape index (κ2) is 11.1. The van der Waals surface area contributed by atoms with Crippen molar-refractivity contribution in [2.75, 3.05) is 18.5 Å². The Hall–Kier alpha value is -4.09. The second-order valence-corrected chi connectivity index (χ2v) is 10.4. The summed E-state index contributed by atoms with van der Waals surface area (Å²) < 4.78 is 78.3. The van der Waals surface area contributed by atoms with E-state index in [1.165, 1.54) is 11.8 Å². The molecule has 0 spiro atoms. The first-order valence-corrected chi connectivity index (χ1v) is 13.1. The molecule has 1 aliphatic heterocycles. The molecule has 0 radical (unpaired) electrons. The first kappa shape index (κ1) is 28.4. The normalized spacial score (nSPS) is 18.9. The number of ether oxygens (including phenoxy) is 2. The van der Waals surface area contributed by atoms with Crippen molar-refractivity contribution >= 4 is 28.3 Å². The highest BCUT2D eigenvalue weighted by atomic mass is 19.4. The molecule has 2 heterocycles. The number of carbonyl (C=O) groups excluding carboxylic acids is 2. The number of allylic oxidation sites excluding steroid dienone is 1. The van der Waals surface area contributed by atoms with Gasteiger partial charge in [-0.15, -0.1) is 13.2 Å². The summed E-state index contributed by atoms with van der Waals surface area (Å²) in [7, 11) is 0. The van der Waals surface area contributed by atoms with Crippen molar-refractivity contribution in [1.82, 2.24) is 9.47 Å². The lowest BCUT2D eigenvalue weighted by atomic mass is 10.1. The molecule has 7 nitrogen and oxygen atoms in total. The van der Waals surface area contributed by atoms with E-state index in [-0.39, 0.29) is 25.3 Å². The van der Waals surface area contributed by atoms with Gasteiger partial charge in [0, 0.05) is 41.9 Å². The maximum Gasteiger partial charge on any atom is 0.573 e. The lowest BCUT2D eigenvalue weighted by molar-refractivity contribution is -0.275. The Labute approximate surface area is 232 Å². The second-order valence-electron chi connectivity index (χ2n) is 10.4. The number of fused-ring (bicyclic) bond motifs is 1. The van der Waals surface area contributed by atoms with E-state index in [1.807, 2.05) is 12.1 Å². The van der Waals surface area contributed by atoms with Gasteiger partial charge >= 0.3 is 6.36 Å². The largest absolute Gasteiger partial charge is 0.573 e. The molecule has 2 aromatic carbocycles. The quantitative estimate of drug-likeness (QED) is 0.228. The van der Waals surface area contributed by atoms with Gasteiger partial charge in [0.05, 0.1) is 24.4 Å². The fraction of sp³-hybridized carbons (Fsp3) is 0.379. The lowest BCUT2D eigenvalue weighted by Gasteiger charge is -2.28. The molecular formula is C29H28F5N3O4. The van der Waals surface area contributed by atoms with Gasteiger partial charge < -0.3 is 24.3 Å². The number of benzene rings is 2. The van der Waals surface area contributed by atoms with Crippen LogP contribution in [0.5, 0.6) is 11.5 Å². The number of anilines is 1. The van der Waals surface area contributed by atoms with Gasteiger partial charge in [0.25, 0.3) is 0 Å². The number of alkyl halides is 4. The maximum absolute atomic E-state index is 14.6. The lowest BCUT2D eigenvalue weighted by Crippen LogP contribution is -2.39. The standard InChI is InChI=1S/C29H28F5N3O4/c1-16(12-36-14-22(17(2)38)21-9-8-20(11-24(21)36)40-15-18-6-7-18)37-13-19(30)10-25(37)28(39)35-23-4-3-5-26(27(23)31)41-29(32,33)34/h3-5,8-9,11,14,18-19,25H,1,6-7,10,12-13,15H2,2H3,(H,35,39)/t19-,25?/m1/s1. The Morgan fingerprint density at radius 1 is 1.17 bits per heavy atom. The number of amides is 1. The van der Waals surface area contributed by atoms with Crippen LogP contribution in [0.3, 0.4) is 0 Å². The Morgan fingerprint density at radius 2 is 1.93 bits per heavy atom. The zero-order valence-corrected chi connectivity index (χ0v) is 22.1. The minimum atomic E-state index is -5.13. The number of ketones is 1. The number of nitrogens with zero attached hydrogens (tertiary/aromatic N) is 2. The van der Waals surface area contributed by atoms with Crippen molar-refractivity contribution in [2.24, 2.45) is 5.92 Å². The van der Waals surface area contributed by atoms with Gasteiger partial charge in [0.15, 0.2) is 17.3 Å². The van der Waals surface area contributed by atoms with Crippen LogP contribution in [0.2, 0.25) is 0 Å². The van der Waals surface area contributed by atoms with Gasteiger partial charge in [-0.3, -0.25) is 9.59 Å². The minimum Gasteiger partial charge on any atom is -0.493 e. The van der Waals surface area contributed by atoms with Crippen molar-refractivity contribution in [3.8, 4) is 11.5 Å². The Kier molecular flexibility index (Phi) is 7.67. The van der Waals surface area contributed by atoms with Crippen molar-refractivity contribution in [3.63, 3.8) is 0 Å². The molecule has 1 aliphatic carbocycles. The minimum absolute atomic E-state index is 0.107. The average molecular weight is 578 g/mol. The number of likely N-dealkylation sites (tertiary alicyclic amines) is 1. The SMILES string of the molecule is C=C(Cn1cc(C(C)=O)c2ccc(OCC3CC3)cc21)N1C[C@H](F)CC1C(=O)Nc1cccc(OC(F)(F)F)c1F. The number of hydrogen-bond acceptors (Lipinski definition) is 5. The van der Waals surface area contributed by atoms with Gasteiger partial charge in [-0.1, -0.05) is 12.6 Å². The van der Waals surface area contributed by atoms with Crippen molar-refractivity contribution in [3.05, 3.63) is 66.3 Å². The molecule has 1 aromatic heterocycles. The third-order valence-electron chi connectivity index (χ3n) is 7.17. The maximum atomic E-state index is 14.6. The zero-order chi connectivity index (χ0) is 29.5. The highest BCUT2D eigenvalue weighted by molar-refractivity contribution is 6.07. The molecule has 1 saturated carbocycles. The van der Waals surface area contributed by atoms with E-state index in [0.29, 0.717) is 40.4 Å². The zero-order valence-electron chi connectivity index (χ0n) is 22.1. The van der Waals surface area contributed by atoms with Crippen LogP contribution in [0, 0.1) is 11.7 Å². The first-order chi connectivity index (χ1) is 19.4. The molecule has 5 rings (SSSR count). The predicted octanol–water partition coefficient (Wildman–Crippen LogP) is 6.24. The number of hydrogen-bond donors (Lipinski definition) is 1. The number of carbonyl (C=O) groups is 2.